The van der Waals surface area contributed by atoms with Gasteiger partial charge in [-0.3, -0.25) is 14.3 Å². The first-order chi connectivity index (χ1) is 17.9. The first kappa shape index (κ1) is 24.9. The van der Waals surface area contributed by atoms with Crippen molar-refractivity contribution in [3.8, 4) is 16.8 Å². The summed E-state index contributed by atoms with van der Waals surface area (Å²) < 4.78 is 15.5. The molecule has 0 aliphatic carbocycles. The van der Waals surface area contributed by atoms with Crippen LogP contribution in [0, 0.1) is 11.7 Å². The SMILES string of the molecule is O=c1ccc2c(-c3ccc(F)cc3Cl)cc(CN3CC(CN4CCC4)C3)cc2n1-c1c(Cl)cccc1Cl. The number of aromatic nitrogens is 1. The third-order valence-electron chi connectivity index (χ3n) is 7.36. The lowest BCUT2D eigenvalue weighted by Gasteiger charge is -2.44. The van der Waals surface area contributed by atoms with Crippen molar-refractivity contribution in [2.24, 2.45) is 5.92 Å². The maximum atomic E-state index is 13.9. The van der Waals surface area contributed by atoms with Gasteiger partial charge in [0.2, 0.25) is 0 Å². The molecule has 0 spiro atoms. The highest BCUT2D eigenvalue weighted by Gasteiger charge is 2.30. The lowest BCUT2D eigenvalue weighted by Crippen LogP contribution is -2.53. The number of para-hydroxylation sites is 1. The van der Waals surface area contributed by atoms with Gasteiger partial charge in [-0.15, -0.1) is 0 Å². The van der Waals surface area contributed by atoms with E-state index >= 15 is 0 Å². The number of hydrogen-bond donors (Lipinski definition) is 0. The Kier molecular flexibility index (Phi) is 6.76. The van der Waals surface area contributed by atoms with Gasteiger partial charge in [-0.1, -0.05) is 40.9 Å². The molecule has 0 unspecified atom stereocenters. The van der Waals surface area contributed by atoms with Crippen LogP contribution in [-0.2, 0) is 6.54 Å². The van der Waals surface area contributed by atoms with Crippen molar-refractivity contribution >= 4 is 45.7 Å². The average molecular weight is 557 g/mol. The molecule has 4 aromatic rings. The Balaban J connectivity index is 1.47. The van der Waals surface area contributed by atoms with Crippen LogP contribution >= 0.6 is 34.8 Å². The van der Waals surface area contributed by atoms with Gasteiger partial charge in [0.1, 0.15) is 5.82 Å². The quantitative estimate of drug-likeness (QED) is 0.259. The Hall–Kier alpha value is -2.41. The summed E-state index contributed by atoms with van der Waals surface area (Å²) in [6.07, 6.45) is 1.30. The first-order valence-electron chi connectivity index (χ1n) is 12.4. The van der Waals surface area contributed by atoms with E-state index in [1.54, 1.807) is 34.9 Å². The summed E-state index contributed by atoms with van der Waals surface area (Å²) in [5, 5.41) is 1.87. The van der Waals surface area contributed by atoms with Gasteiger partial charge in [-0.05, 0) is 85.1 Å². The van der Waals surface area contributed by atoms with Crippen molar-refractivity contribution in [3.05, 3.63) is 97.5 Å². The van der Waals surface area contributed by atoms with Crippen LogP contribution in [0.4, 0.5) is 4.39 Å². The number of halogens is 4. The smallest absolute Gasteiger partial charge is 0.255 e. The zero-order valence-electron chi connectivity index (χ0n) is 20.1. The molecule has 3 aromatic carbocycles. The molecule has 8 heteroatoms. The Morgan fingerprint density at radius 3 is 2.27 bits per heavy atom. The van der Waals surface area contributed by atoms with E-state index in [0.717, 1.165) is 42.7 Å². The second-order valence-corrected chi connectivity index (χ2v) is 11.2. The van der Waals surface area contributed by atoms with Crippen LogP contribution in [0.25, 0.3) is 27.7 Å². The fourth-order valence-electron chi connectivity index (χ4n) is 5.47. The van der Waals surface area contributed by atoms with Crippen LogP contribution in [0.3, 0.4) is 0 Å². The molecule has 0 radical (unpaired) electrons. The van der Waals surface area contributed by atoms with Gasteiger partial charge in [-0.2, -0.15) is 0 Å². The number of pyridine rings is 1. The largest absolute Gasteiger partial charge is 0.303 e. The predicted octanol–water partition coefficient (Wildman–Crippen LogP) is 6.89. The van der Waals surface area contributed by atoms with Crippen LogP contribution in [0.1, 0.15) is 12.0 Å². The van der Waals surface area contributed by atoms with Gasteiger partial charge in [-0.25, -0.2) is 4.39 Å². The minimum absolute atomic E-state index is 0.241. The summed E-state index contributed by atoms with van der Waals surface area (Å²) >= 11 is 19.6. The topological polar surface area (TPSA) is 28.5 Å². The second-order valence-electron chi connectivity index (χ2n) is 9.99. The molecule has 4 nitrogen and oxygen atoms in total. The van der Waals surface area contributed by atoms with Crippen LogP contribution in [-0.4, -0.2) is 47.1 Å². The molecular weight excluding hydrogens is 532 g/mol. The molecule has 2 aliphatic heterocycles. The number of nitrogens with zero attached hydrogens (tertiary/aromatic N) is 3. The lowest BCUT2D eigenvalue weighted by molar-refractivity contribution is 0.0424. The van der Waals surface area contributed by atoms with E-state index in [-0.39, 0.29) is 5.56 Å². The number of likely N-dealkylation sites (tertiary alicyclic amines) is 2. The number of fused-ring (bicyclic) bond motifs is 1. The molecule has 0 atom stereocenters. The molecular formula is C29H25Cl3FN3O. The average Bonchev–Trinajstić information content (AvgIpc) is 2.80. The third kappa shape index (κ3) is 4.80. The molecule has 1 aromatic heterocycles. The molecule has 2 saturated heterocycles. The normalized spacial score (nSPS) is 16.6. The standard InChI is InChI=1S/C29H25Cl3FN3O/c30-24-3-1-4-25(31)29(24)36-27-12-18(14-35-16-19(17-35)15-34-9-2-10-34)11-23(22(27)7-8-28(36)37)21-6-5-20(33)13-26(21)32/h1,3-8,11-13,19H,2,9-10,14-17H2. The minimum Gasteiger partial charge on any atom is -0.303 e. The predicted molar refractivity (Wildman–Crippen MR) is 150 cm³/mol. The summed E-state index contributed by atoms with van der Waals surface area (Å²) in [4.78, 5) is 18.2. The summed E-state index contributed by atoms with van der Waals surface area (Å²) in [5.74, 6) is 0.287. The van der Waals surface area contributed by atoms with Crippen molar-refractivity contribution in [2.45, 2.75) is 13.0 Å². The van der Waals surface area contributed by atoms with Crippen molar-refractivity contribution in [1.29, 1.82) is 0 Å². The maximum absolute atomic E-state index is 13.9. The zero-order chi connectivity index (χ0) is 25.7. The molecule has 3 heterocycles. The minimum atomic E-state index is -0.400. The van der Waals surface area contributed by atoms with E-state index < -0.39 is 5.82 Å². The molecule has 2 fully saturated rings. The van der Waals surface area contributed by atoms with Gasteiger partial charge in [0, 0.05) is 43.2 Å². The van der Waals surface area contributed by atoms with Crippen molar-refractivity contribution < 1.29 is 4.39 Å². The Labute approximate surface area is 229 Å². The first-order valence-corrected chi connectivity index (χ1v) is 13.5. The maximum Gasteiger partial charge on any atom is 0.255 e. The van der Waals surface area contributed by atoms with Gasteiger partial charge >= 0.3 is 0 Å². The molecule has 6 rings (SSSR count). The van der Waals surface area contributed by atoms with Gasteiger partial charge < -0.3 is 4.90 Å². The molecule has 2 aliphatic rings. The molecule has 0 bridgehead atoms. The van der Waals surface area contributed by atoms with Crippen LogP contribution in [0.15, 0.2) is 65.5 Å². The molecule has 0 saturated carbocycles. The van der Waals surface area contributed by atoms with E-state index in [0.29, 0.717) is 37.8 Å². The fourth-order valence-corrected chi connectivity index (χ4v) is 6.30. The van der Waals surface area contributed by atoms with Gasteiger partial charge in [0.05, 0.1) is 26.3 Å². The highest BCUT2D eigenvalue weighted by molar-refractivity contribution is 6.38. The Morgan fingerprint density at radius 1 is 0.838 bits per heavy atom. The van der Waals surface area contributed by atoms with Crippen molar-refractivity contribution in [3.63, 3.8) is 0 Å². The molecule has 190 valence electrons. The number of rotatable bonds is 6. The van der Waals surface area contributed by atoms with Crippen LogP contribution in [0.5, 0.6) is 0 Å². The summed E-state index contributed by atoms with van der Waals surface area (Å²) in [6, 6.07) is 17.0. The fraction of sp³-hybridized carbons (Fsp3) is 0.276. The molecule has 0 N–H and O–H groups in total. The second kappa shape index (κ2) is 10.0. The Morgan fingerprint density at radius 2 is 1.59 bits per heavy atom. The lowest BCUT2D eigenvalue weighted by atomic mass is 9.94. The molecule has 0 amide bonds. The summed E-state index contributed by atoms with van der Waals surface area (Å²) in [5.41, 5.74) is 3.43. The van der Waals surface area contributed by atoms with Gasteiger partial charge in [0.15, 0.2) is 0 Å². The number of hydrogen-bond acceptors (Lipinski definition) is 3. The monoisotopic (exact) mass is 555 g/mol. The number of benzene rings is 3. The van der Waals surface area contributed by atoms with E-state index in [9.17, 15) is 9.18 Å². The highest BCUT2D eigenvalue weighted by atomic mass is 35.5. The van der Waals surface area contributed by atoms with E-state index in [2.05, 4.69) is 15.9 Å². The molecule has 37 heavy (non-hydrogen) atoms. The van der Waals surface area contributed by atoms with Crippen molar-refractivity contribution in [2.75, 3.05) is 32.7 Å². The van der Waals surface area contributed by atoms with Crippen LogP contribution in [0.2, 0.25) is 15.1 Å². The Bertz CT molecular complexity index is 1540. The van der Waals surface area contributed by atoms with E-state index in [1.165, 1.54) is 37.7 Å². The van der Waals surface area contributed by atoms with Crippen molar-refractivity contribution in [1.82, 2.24) is 14.4 Å². The summed E-state index contributed by atoms with van der Waals surface area (Å²) in [6.45, 7) is 6.40. The van der Waals surface area contributed by atoms with E-state index in [4.69, 9.17) is 34.8 Å². The zero-order valence-corrected chi connectivity index (χ0v) is 22.3. The van der Waals surface area contributed by atoms with Gasteiger partial charge in [0.25, 0.3) is 5.56 Å². The summed E-state index contributed by atoms with van der Waals surface area (Å²) in [7, 11) is 0. The van der Waals surface area contributed by atoms with E-state index in [1.807, 2.05) is 6.07 Å². The highest BCUT2D eigenvalue weighted by Crippen LogP contribution is 2.37. The third-order valence-corrected chi connectivity index (χ3v) is 8.28. The van der Waals surface area contributed by atoms with Crippen LogP contribution < -0.4 is 5.56 Å².